The zero-order chi connectivity index (χ0) is 17.7. The van der Waals surface area contributed by atoms with Crippen LogP contribution in [0.2, 0.25) is 10.0 Å². The first-order valence-corrected chi connectivity index (χ1v) is 7.84. The molecule has 0 radical (unpaired) electrons. The van der Waals surface area contributed by atoms with Gasteiger partial charge in [-0.05, 0) is 35.9 Å². The summed E-state index contributed by atoms with van der Waals surface area (Å²) in [6.45, 7) is 0.00896. The average Bonchev–Trinajstić information content (AvgIpc) is 2.57. The van der Waals surface area contributed by atoms with Gasteiger partial charge in [0.2, 0.25) is 0 Å². The van der Waals surface area contributed by atoms with Crippen molar-refractivity contribution < 1.29 is 19.4 Å². The second-order valence-corrected chi connectivity index (χ2v) is 5.90. The lowest BCUT2D eigenvalue weighted by Crippen LogP contribution is -2.28. The third-order valence-electron chi connectivity index (χ3n) is 3.34. The first kappa shape index (κ1) is 18.4. The Hall–Kier alpha value is -1.95. The number of nitrogens with one attached hydrogen (secondary N) is 1. The van der Waals surface area contributed by atoms with Crippen LogP contribution in [0.3, 0.4) is 0 Å². The molecule has 0 heterocycles. The lowest BCUT2D eigenvalue weighted by Gasteiger charge is -2.14. The van der Waals surface area contributed by atoms with E-state index in [2.05, 4.69) is 5.32 Å². The van der Waals surface area contributed by atoms with Gasteiger partial charge in [-0.2, -0.15) is 0 Å². The lowest BCUT2D eigenvalue weighted by molar-refractivity contribution is 0.0915. The van der Waals surface area contributed by atoms with Crippen molar-refractivity contribution in [2.45, 2.75) is 6.10 Å². The largest absolute Gasteiger partial charge is 0.497 e. The standard InChI is InChI=1S/C17H17Cl2NO4/c1-23-14-5-11(6-15(8-14)24-2)17(22)20-9-16(21)10-3-12(18)7-13(19)4-10/h3-8,16,21H,9H2,1-2H3,(H,20,22). The third kappa shape index (κ3) is 4.77. The zero-order valence-electron chi connectivity index (χ0n) is 13.2. The van der Waals surface area contributed by atoms with Crippen molar-refractivity contribution in [1.82, 2.24) is 5.32 Å². The summed E-state index contributed by atoms with van der Waals surface area (Å²) in [4.78, 5) is 12.3. The van der Waals surface area contributed by atoms with Gasteiger partial charge in [-0.25, -0.2) is 0 Å². The number of amides is 1. The summed E-state index contributed by atoms with van der Waals surface area (Å²) in [5.74, 6) is 0.641. The molecule has 1 amide bonds. The van der Waals surface area contributed by atoms with Gasteiger partial charge in [0, 0.05) is 28.2 Å². The van der Waals surface area contributed by atoms with Gasteiger partial charge in [0.05, 0.1) is 20.3 Å². The zero-order valence-corrected chi connectivity index (χ0v) is 14.7. The molecule has 0 bridgehead atoms. The van der Waals surface area contributed by atoms with Gasteiger partial charge in [0.25, 0.3) is 5.91 Å². The van der Waals surface area contributed by atoms with Crippen molar-refractivity contribution in [1.29, 1.82) is 0 Å². The van der Waals surface area contributed by atoms with Gasteiger partial charge in [-0.3, -0.25) is 4.79 Å². The first-order valence-electron chi connectivity index (χ1n) is 7.08. The number of aliphatic hydroxyl groups excluding tert-OH is 1. The van der Waals surface area contributed by atoms with Gasteiger partial charge in [0.1, 0.15) is 11.5 Å². The number of methoxy groups -OCH3 is 2. The molecule has 0 aromatic heterocycles. The topological polar surface area (TPSA) is 67.8 Å². The van der Waals surface area contributed by atoms with Gasteiger partial charge >= 0.3 is 0 Å². The predicted molar refractivity (Wildman–Crippen MR) is 93.3 cm³/mol. The van der Waals surface area contributed by atoms with Crippen molar-refractivity contribution in [3.8, 4) is 11.5 Å². The highest BCUT2D eigenvalue weighted by atomic mass is 35.5. The van der Waals surface area contributed by atoms with Crippen LogP contribution in [-0.4, -0.2) is 31.8 Å². The molecule has 0 saturated heterocycles. The smallest absolute Gasteiger partial charge is 0.251 e. The highest BCUT2D eigenvalue weighted by Crippen LogP contribution is 2.24. The van der Waals surface area contributed by atoms with E-state index in [4.69, 9.17) is 32.7 Å². The maximum atomic E-state index is 12.3. The molecule has 2 rings (SSSR count). The molecule has 0 saturated carbocycles. The van der Waals surface area contributed by atoms with E-state index in [1.54, 1.807) is 36.4 Å². The van der Waals surface area contributed by atoms with E-state index in [1.165, 1.54) is 14.2 Å². The van der Waals surface area contributed by atoms with E-state index < -0.39 is 6.10 Å². The molecule has 7 heteroatoms. The highest BCUT2D eigenvalue weighted by Gasteiger charge is 2.14. The minimum absolute atomic E-state index is 0.00896. The molecule has 2 aromatic rings. The summed E-state index contributed by atoms with van der Waals surface area (Å²) in [6.07, 6.45) is -0.933. The number of halogens is 2. The molecule has 128 valence electrons. The summed E-state index contributed by atoms with van der Waals surface area (Å²) in [6, 6.07) is 9.60. The normalized spacial score (nSPS) is 11.7. The SMILES string of the molecule is COc1cc(OC)cc(C(=O)NCC(O)c2cc(Cl)cc(Cl)c2)c1. The van der Waals surface area contributed by atoms with Crippen LogP contribution < -0.4 is 14.8 Å². The maximum absolute atomic E-state index is 12.3. The Kier molecular flexibility index (Phi) is 6.31. The predicted octanol–water partition coefficient (Wildman–Crippen LogP) is 3.47. The second-order valence-electron chi connectivity index (χ2n) is 5.03. The van der Waals surface area contributed by atoms with Crippen molar-refractivity contribution in [2.75, 3.05) is 20.8 Å². The number of aliphatic hydroxyl groups is 1. The van der Waals surface area contributed by atoms with Crippen molar-refractivity contribution >= 4 is 29.1 Å². The van der Waals surface area contributed by atoms with Gasteiger partial charge < -0.3 is 19.9 Å². The molecule has 2 aromatic carbocycles. The molecule has 0 fully saturated rings. The van der Waals surface area contributed by atoms with Crippen LogP contribution in [0.5, 0.6) is 11.5 Å². The Morgan fingerprint density at radius 1 is 1.04 bits per heavy atom. The van der Waals surface area contributed by atoms with Crippen molar-refractivity contribution in [3.63, 3.8) is 0 Å². The molecule has 0 aliphatic carbocycles. The van der Waals surface area contributed by atoms with Crippen LogP contribution in [0, 0.1) is 0 Å². The molecule has 1 atom stereocenters. The average molecular weight is 370 g/mol. The van der Waals surface area contributed by atoms with Crippen LogP contribution in [-0.2, 0) is 0 Å². The fraction of sp³-hybridized carbons (Fsp3) is 0.235. The summed E-state index contributed by atoms with van der Waals surface area (Å²) < 4.78 is 10.3. The van der Waals surface area contributed by atoms with Gasteiger partial charge in [-0.1, -0.05) is 23.2 Å². The minimum atomic E-state index is -0.933. The fourth-order valence-corrected chi connectivity index (χ4v) is 2.66. The quantitative estimate of drug-likeness (QED) is 0.817. The number of carbonyl (C=O) groups is 1. The molecule has 0 aliphatic rings. The summed E-state index contributed by atoms with van der Waals surface area (Å²) in [5, 5.41) is 13.7. The monoisotopic (exact) mass is 369 g/mol. The van der Waals surface area contributed by atoms with Gasteiger partial charge in [0.15, 0.2) is 0 Å². The van der Waals surface area contributed by atoms with Crippen LogP contribution in [0.15, 0.2) is 36.4 Å². The molecular formula is C17H17Cl2NO4. The number of hydrogen-bond donors (Lipinski definition) is 2. The number of benzene rings is 2. The second kappa shape index (κ2) is 8.24. The van der Waals surface area contributed by atoms with E-state index in [0.29, 0.717) is 32.7 Å². The maximum Gasteiger partial charge on any atom is 0.251 e. The number of carbonyl (C=O) groups excluding carboxylic acids is 1. The molecular weight excluding hydrogens is 353 g/mol. The van der Waals surface area contributed by atoms with E-state index >= 15 is 0 Å². The Morgan fingerprint density at radius 2 is 1.58 bits per heavy atom. The third-order valence-corrected chi connectivity index (χ3v) is 3.78. The van der Waals surface area contributed by atoms with Crippen molar-refractivity contribution in [3.05, 3.63) is 57.6 Å². The van der Waals surface area contributed by atoms with E-state index in [-0.39, 0.29) is 12.5 Å². The fourth-order valence-electron chi connectivity index (χ4n) is 2.12. The lowest BCUT2D eigenvalue weighted by atomic mass is 10.1. The van der Waals surface area contributed by atoms with Crippen LogP contribution in [0.25, 0.3) is 0 Å². The molecule has 0 aliphatic heterocycles. The van der Waals surface area contributed by atoms with Crippen molar-refractivity contribution in [2.24, 2.45) is 0 Å². The van der Waals surface area contributed by atoms with Crippen LogP contribution in [0.4, 0.5) is 0 Å². The number of ether oxygens (including phenoxy) is 2. The Labute approximate surface area is 150 Å². The van der Waals surface area contributed by atoms with Crippen LogP contribution in [0.1, 0.15) is 22.0 Å². The van der Waals surface area contributed by atoms with E-state index in [9.17, 15) is 9.90 Å². The number of hydrogen-bond acceptors (Lipinski definition) is 4. The Balaban J connectivity index is 2.07. The summed E-state index contributed by atoms with van der Waals surface area (Å²) in [7, 11) is 3.01. The molecule has 2 N–H and O–H groups in total. The first-order chi connectivity index (χ1) is 11.4. The number of rotatable bonds is 6. The molecule has 5 nitrogen and oxygen atoms in total. The van der Waals surface area contributed by atoms with Gasteiger partial charge in [-0.15, -0.1) is 0 Å². The van der Waals surface area contributed by atoms with Crippen LogP contribution >= 0.6 is 23.2 Å². The Morgan fingerprint density at radius 3 is 2.08 bits per heavy atom. The van der Waals surface area contributed by atoms with E-state index in [1.807, 2.05) is 0 Å². The van der Waals surface area contributed by atoms with E-state index in [0.717, 1.165) is 0 Å². The Bertz CT molecular complexity index is 694. The summed E-state index contributed by atoms with van der Waals surface area (Å²) >= 11 is 11.8. The molecule has 1 unspecified atom stereocenters. The highest BCUT2D eigenvalue weighted by molar-refractivity contribution is 6.34. The molecule has 0 spiro atoms. The summed E-state index contributed by atoms with van der Waals surface area (Å²) in [5.41, 5.74) is 0.888. The minimum Gasteiger partial charge on any atom is -0.497 e. The molecule has 24 heavy (non-hydrogen) atoms.